The lowest BCUT2D eigenvalue weighted by Gasteiger charge is -2.34. The van der Waals surface area contributed by atoms with E-state index < -0.39 is 23.4 Å². The van der Waals surface area contributed by atoms with Gasteiger partial charge in [-0.25, -0.2) is 0 Å². The van der Waals surface area contributed by atoms with Crippen molar-refractivity contribution in [2.75, 3.05) is 29.6 Å². The van der Waals surface area contributed by atoms with Gasteiger partial charge in [-0.3, -0.25) is 19.3 Å². The van der Waals surface area contributed by atoms with Crippen molar-refractivity contribution in [3.05, 3.63) is 69.7 Å². The van der Waals surface area contributed by atoms with Crippen molar-refractivity contribution in [1.82, 2.24) is 9.69 Å². The minimum absolute atomic E-state index is 0.0329. The Morgan fingerprint density at radius 2 is 1.57 bits per heavy atom. The average Bonchev–Trinajstić information content (AvgIpc) is 3.19. The molecule has 3 rings (SSSR count). The highest BCUT2D eigenvalue weighted by Crippen LogP contribution is 2.34. The maximum absolute atomic E-state index is 14.1. The van der Waals surface area contributed by atoms with Gasteiger partial charge in [0.15, 0.2) is 5.69 Å². The predicted octanol–water partition coefficient (Wildman–Crippen LogP) is 3.81. The predicted molar refractivity (Wildman–Crippen MR) is 149 cm³/mol. The Hall–Kier alpha value is -3.92. The normalized spacial score (nSPS) is 12.1. The highest BCUT2D eigenvalue weighted by atomic mass is 32.1. The van der Waals surface area contributed by atoms with Crippen LogP contribution in [0.3, 0.4) is 0 Å². The van der Waals surface area contributed by atoms with E-state index in [0.29, 0.717) is 11.3 Å². The molecule has 10 heteroatoms. The number of nitrogens with one attached hydrogen (secondary N) is 1. The van der Waals surface area contributed by atoms with E-state index in [2.05, 4.69) is 9.69 Å². The van der Waals surface area contributed by atoms with Crippen LogP contribution in [0.25, 0.3) is 0 Å². The molecular weight excluding hydrogens is 488 g/mol. The molecule has 0 radical (unpaired) electrons. The topological polar surface area (TPSA) is 135 Å². The number of hydrogen-bond donors (Lipinski definition) is 3. The molecule has 0 fully saturated rings. The van der Waals surface area contributed by atoms with Gasteiger partial charge >= 0.3 is 0 Å². The molecule has 196 valence electrons. The molecule has 0 aliphatic rings. The van der Waals surface area contributed by atoms with Crippen LogP contribution in [0.2, 0.25) is 0 Å². The molecule has 0 aliphatic carbocycles. The van der Waals surface area contributed by atoms with Gasteiger partial charge in [0.05, 0.1) is 5.69 Å². The first-order chi connectivity index (χ1) is 17.2. The molecule has 1 unspecified atom stereocenters. The van der Waals surface area contributed by atoms with Crippen molar-refractivity contribution in [3.8, 4) is 0 Å². The summed E-state index contributed by atoms with van der Waals surface area (Å²) in [5.74, 6) is -1.75. The van der Waals surface area contributed by atoms with Crippen LogP contribution in [0.1, 0.15) is 63.7 Å². The molecule has 3 aromatic rings. The minimum atomic E-state index is -1.04. The Morgan fingerprint density at radius 3 is 2.05 bits per heavy atom. The van der Waals surface area contributed by atoms with Crippen molar-refractivity contribution in [2.45, 2.75) is 46.2 Å². The van der Waals surface area contributed by atoms with Crippen LogP contribution in [-0.2, 0) is 4.79 Å². The van der Waals surface area contributed by atoms with Crippen molar-refractivity contribution in [3.63, 3.8) is 0 Å². The van der Waals surface area contributed by atoms with Gasteiger partial charge in [-0.15, -0.1) is 0 Å². The van der Waals surface area contributed by atoms with Gasteiger partial charge < -0.3 is 21.7 Å². The number of primary amides is 1. The summed E-state index contributed by atoms with van der Waals surface area (Å²) < 4.78 is 4.00. The number of rotatable bonds is 7. The first kappa shape index (κ1) is 27.7. The standard InChI is InChI=1S/C27H34N6O3S/c1-15-8-11-19(14-16(15)2)33(26(36)23-20(28)21(24(29)34)31-37-23)22(25(35)30-27(3,4)5)17-9-12-18(13-10-17)32(6)7/h8-14,22H,28H2,1-7H3,(H2,29,34)(H,30,35). The largest absolute Gasteiger partial charge is 0.395 e. The average molecular weight is 523 g/mol. The van der Waals surface area contributed by atoms with Crippen molar-refractivity contribution >= 4 is 46.3 Å². The lowest BCUT2D eigenvalue weighted by molar-refractivity contribution is -0.123. The van der Waals surface area contributed by atoms with E-state index >= 15 is 0 Å². The molecule has 1 atom stereocenters. The number of nitrogens with zero attached hydrogens (tertiary/aromatic N) is 3. The second kappa shape index (κ2) is 10.6. The van der Waals surface area contributed by atoms with E-state index in [1.165, 1.54) is 4.90 Å². The summed E-state index contributed by atoms with van der Waals surface area (Å²) in [5.41, 5.74) is 14.7. The van der Waals surface area contributed by atoms with Crippen LogP contribution in [0.15, 0.2) is 42.5 Å². The van der Waals surface area contributed by atoms with Gasteiger partial charge in [0, 0.05) is 31.0 Å². The minimum Gasteiger partial charge on any atom is -0.395 e. The van der Waals surface area contributed by atoms with Gasteiger partial charge in [-0.2, -0.15) is 4.37 Å². The van der Waals surface area contributed by atoms with E-state index in [4.69, 9.17) is 11.5 Å². The van der Waals surface area contributed by atoms with E-state index in [0.717, 1.165) is 28.3 Å². The molecular formula is C27H34N6O3S. The van der Waals surface area contributed by atoms with Crippen LogP contribution in [0.5, 0.6) is 0 Å². The summed E-state index contributed by atoms with van der Waals surface area (Å²) in [5, 5.41) is 3.01. The highest BCUT2D eigenvalue weighted by molar-refractivity contribution is 7.09. The molecule has 0 saturated heterocycles. The van der Waals surface area contributed by atoms with Gasteiger partial charge in [-0.1, -0.05) is 18.2 Å². The number of amides is 3. The number of benzene rings is 2. The number of aryl methyl sites for hydroxylation is 2. The molecule has 37 heavy (non-hydrogen) atoms. The first-order valence-corrected chi connectivity index (χ1v) is 12.5. The smallest absolute Gasteiger partial charge is 0.273 e. The summed E-state index contributed by atoms with van der Waals surface area (Å²) in [4.78, 5) is 43.2. The summed E-state index contributed by atoms with van der Waals surface area (Å²) in [6, 6.07) is 11.9. The number of carbonyl (C=O) groups is 3. The lowest BCUT2D eigenvalue weighted by atomic mass is 9.99. The zero-order chi connectivity index (χ0) is 27.7. The van der Waals surface area contributed by atoms with Crippen molar-refractivity contribution in [2.24, 2.45) is 5.73 Å². The molecule has 0 spiro atoms. The third kappa shape index (κ3) is 6.08. The molecule has 0 bridgehead atoms. The molecule has 9 nitrogen and oxygen atoms in total. The van der Waals surface area contributed by atoms with Crippen LogP contribution in [0.4, 0.5) is 17.1 Å². The zero-order valence-electron chi connectivity index (χ0n) is 22.2. The molecule has 2 aromatic carbocycles. The van der Waals surface area contributed by atoms with E-state index in [1.807, 2.05) is 90.0 Å². The fourth-order valence-electron chi connectivity index (χ4n) is 3.81. The van der Waals surface area contributed by atoms with Crippen molar-refractivity contribution in [1.29, 1.82) is 0 Å². The third-order valence-electron chi connectivity index (χ3n) is 5.87. The SMILES string of the molecule is Cc1ccc(N(C(=O)c2snc(C(N)=O)c2N)C(C(=O)NC(C)(C)C)c2ccc(N(C)C)cc2)cc1C. The molecule has 0 aliphatic heterocycles. The highest BCUT2D eigenvalue weighted by Gasteiger charge is 2.37. The summed E-state index contributed by atoms with van der Waals surface area (Å²) in [6.07, 6.45) is 0. The maximum atomic E-state index is 14.1. The van der Waals surface area contributed by atoms with Crippen LogP contribution >= 0.6 is 11.5 Å². The monoisotopic (exact) mass is 522 g/mol. The second-order valence-corrected chi connectivity index (χ2v) is 11.0. The molecule has 1 aromatic heterocycles. The lowest BCUT2D eigenvalue weighted by Crippen LogP contribution is -2.49. The van der Waals surface area contributed by atoms with Crippen LogP contribution in [-0.4, -0.2) is 41.7 Å². The first-order valence-electron chi connectivity index (χ1n) is 11.8. The number of anilines is 3. The molecule has 0 saturated carbocycles. The van der Waals surface area contributed by atoms with Crippen molar-refractivity contribution < 1.29 is 14.4 Å². The number of hydrogen-bond acceptors (Lipinski definition) is 7. The fraction of sp³-hybridized carbons (Fsp3) is 0.333. The Balaban J connectivity index is 2.26. The summed E-state index contributed by atoms with van der Waals surface area (Å²) in [6.45, 7) is 9.53. The quantitative estimate of drug-likeness (QED) is 0.432. The van der Waals surface area contributed by atoms with Gasteiger partial charge in [0.2, 0.25) is 5.91 Å². The number of aromatic nitrogens is 1. The van der Waals surface area contributed by atoms with Gasteiger partial charge in [0.25, 0.3) is 11.8 Å². The molecule has 5 N–H and O–H groups in total. The van der Waals surface area contributed by atoms with Crippen LogP contribution in [0, 0.1) is 13.8 Å². The number of nitrogen functional groups attached to an aromatic ring is 1. The Kier molecular flexibility index (Phi) is 7.92. The van der Waals surface area contributed by atoms with Gasteiger partial charge in [0.1, 0.15) is 10.9 Å². The fourth-order valence-corrected chi connectivity index (χ4v) is 4.55. The Labute approximate surface area is 221 Å². The van der Waals surface area contributed by atoms with E-state index in [9.17, 15) is 14.4 Å². The third-order valence-corrected chi connectivity index (χ3v) is 6.72. The summed E-state index contributed by atoms with van der Waals surface area (Å²) >= 11 is 0.781. The van der Waals surface area contributed by atoms with E-state index in [-0.39, 0.29) is 22.2 Å². The molecule has 1 heterocycles. The Morgan fingerprint density at radius 1 is 0.973 bits per heavy atom. The Bertz CT molecular complexity index is 1320. The second-order valence-electron chi connectivity index (χ2n) is 10.2. The summed E-state index contributed by atoms with van der Waals surface area (Å²) in [7, 11) is 3.85. The maximum Gasteiger partial charge on any atom is 0.273 e. The van der Waals surface area contributed by atoms with Gasteiger partial charge in [-0.05, 0) is 87.1 Å². The number of carbonyl (C=O) groups excluding carboxylic acids is 3. The molecule has 3 amide bonds. The zero-order valence-corrected chi connectivity index (χ0v) is 23.1. The number of nitrogens with two attached hydrogens (primary N) is 2. The van der Waals surface area contributed by atoms with E-state index in [1.54, 1.807) is 6.07 Å². The van der Waals surface area contributed by atoms with Crippen LogP contribution < -0.4 is 26.6 Å².